The van der Waals surface area contributed by atoms with E-state index in [2.05, 4.69) is 0 Å². The minimum absolute atomic E-state index is 0.0199. The zero-order valence-electron chi connectivity index (χ0n) is 20.3. The van der Waals surface area contributed by atoms with Crippen molar-refractivity contribution in [2.75, 3.05) is 6.54 Å². The van der Waals surface area contributed by atoms with Crippen molar-refractivity contribution < 1.29 is 24.2 Å². The first-order valence-corrected chi connectivity index (χ1v) is 13.3. The van der Waals surface area contributed by atoms with E-state index in [4.69, 9.17) is 27.9 Å². The first-order valence-electron chi connectivity index (χ1n) is 12.5. The number of aliphatic carboxylic acids is 1. The van der Waals surface area contributed by atoms with Gasteiger partial charge in [-0.05, 0) is 49.9 Å². The van der Waals surface area contributed by atoms with E-state index in [0.717, 1.165) is 17.0 Å². The van der Waals surface area contributed by atoms with Gasteiger partial charge in [0.1, 0.15) is 12.4 Å². The molecule has 0 unspecified atom stereocenters. The Labute approximate surface area is 225 Å². The van der Waals surface area contributed by atoms with Crippen LogP contribution in [-0.2, 0) is 21.0 Å². The fraction of sp³-hybridized carbons (Fsp3) is 0.345. The van der Waals surface area contributed by atoms with Gasteiger partial charge >= 0.3 is 5.97 Å². The van der Waals surface area contributed by atoms with Crippen LogP contribution in [0.4, 0.5) is 0 Å². The van der Waals surface area contributed by atoms with E-state index in [0.29, 0.717) is 71.0 Å². The van der Waals surface area contributed by atoms with E-state index in [-0.39, 0.29) is 31.1 Å². The van der Waals surface area contributed by atoms with Crippen molar-refractivity contribution >= 4 is 40.7 Å². The Morgan fingerprint density at radius 3 is 2.22 bits per heavy atom. The molecule has 2 aliphatic carbocycles. The van der Waals surface area contributed by atoms with Crippen molar-refractivity contribution in [2.24, 2.45) is 0 Å². The number of hydrogen-bond donors (Lipinski definition) is 1. The van der Waals surface area contributed by atoms with Crippen molar-refractivity contribution in [2.45, 2.75) is 57.5 Å². The number of Topliss-reactive ketones (excluding diaryl/α,β-unsaturated/α-hetero) is 2. The fourth-order valence-electron chi connectivity index (χ4n) is 5.65. The number of nitrogens with zero attached hydrogens (tertiary/aromatic N) is 1. The summed E-state index contributed by atoms with van der Waals surface area (Å²) in [5.41, 5.74) is 4.27. The van der Waals surface area contributed by atoms with Gasteiger partial charge in [0.15, 0.2) is 11.6 Å². The molecule has 2 aromatic rings. The van der Waals surface area contributed by atoms with E-state index in [1.54, 1.807) is 24.3 Å². The summed E-state index contributed by atoms with van der Waals surface area (Å²) >= 11 is 12.8. The molecule has 1 N–H and O–H groups in total. The maximum absolute atomic E-state index is 13.5. The highest BCUT2D eigenvalue weighted by atomic mass is 35.5. The molecule has 192 valence electrons. The second kappa shape index (κ2) is 10.7. The van der Waals surface area contributed by atoms with Gasteiger partial charge in [-0.15, -0.1) is 0 Å². The van der Waals surface area contributed by atoms with Crippen LogP contribution >= 0.6 is 23.2 Å². The number of carbonyl (C=O) groups excluding carboxylic acids is 2. The number of carboxylic acid groups (broad SMARTS) is 1. The SMILES string of the molecule is O=C(O)CCN1C2=C(C(=O)CCC2)C(c2cc(Cl)ccc2OCc2ccccc2Cl)C2=C1CCCC2=O. The number of ether oxygens (including phenoxy) is 1. The smallest absolute Gasteiger partial charge is 0.305 e. The Kier molecular flexibility index (Phi) is 7.40. The van der Waals surface area contributed by atoms with Gasteiger partial charge in [-0.2, -0.15) is 0 Å². The molecular formula is C29H27Cl2NO5. The topological polar surface area (TPSA) is 83.9 Å². The molecule has 3 aliphatic rings. The number of rotatable bonds is 7. The van der Waals surface area contributed by atoms with Gasteiger partial charge in [-0.3, -0.25) is 14.4 Å². The molecule has 8 heteroatoms. The highest BCUT2D eigenvalue weighted by Crippen LogP contribution is 2.51. The van der Waals surface area contributed by atoms with Crippen molar-refractivity contribution in [3.8, 4) is 5.75 Å². The summed E-state index contributed by atoms with van der Waals surface area (Å²) in [6, 6.07) is 12.7. The third-order valence-electron chi connectivity index (χ3n) is 7.26. The van der Waals surface area contributed by atoms with Crippen LogP contribution in [0.15, 0.2) is 65.0 Å². The first-order chi connectivity index (χ1) is 17.8. The third-order valence-corrected chi connectivity index (χ3v) is 7.86. The molecule has 37 heavy (non-hydrogen) atoms. The summed E-state index contributed by atoms with van der Waals surface area (Å²) in [6.07, 6.45) is 3.37. The number of benzene rings is 2. The zero-order valence-corrected chi connectivity index (χ0v) is 21.8. The maximum atomic E-state index is 13.5. The predicted octanol–water partition coefficient (Wildman–Crippen LogP) is 6.46. The van der Waals surface area contributed by atoms with Gasteiger partial charge in [0.05, 0.1) is 6.42 Å². The Hall–Kier alpha value is -3.09. The van der Waals surface area contributed by atoms with Gasteiger partial charge in [0.2, 0.25) is 0 Å². The summed E-state index contributed by atoms with van der Waals surface area (Å²) < 4.78 is 6.25. The molecule has 2 aromatic carbocycles. The summed E-state index contributed by atoms with van der Waals surface area (Å²) in [7, 11) is 0. The largest absolute Gasteiger partial charge is 0.489 e. The first kappa shape index (κ1) is 25.6. The van der Waals surface area contributed by atoms with Gasteiger partial charge in [0, 0.05) is 69.0 Å². The molecule has 0 saturated carbocycles. The number of allylic oxidation sites excluding steroid dienone is 4. The van der Waals surface area contributed by atoms with Crippen molar-refractivity contribution in [3.63, 3.8) is 0 Å². The average Bonchev–Trinajstić information content (AvgIpc) is 2.87. The number of ketones is 2. The molecule has 0 aromatic heterocycles. The molecular weight excluding hydrogens is 513 g/mol. The van der Waals surface area contributed by atoms with E-state index in [9.17, 15) is 19.5 Å². The minimum Gasteiger partial charge on any atom is -0.489 e. The van der Waals surface area contributed by atoms with Gasteiger partial charge in [0.25, 0.3) is 0 Å². The number of hydrogen-bond acceptors (Lipinski definition) is 5. The van der Waals surface area contributed by atoms with Gasteiger partial charge < -0.3 is 14.7 Å². The standard InChI is InChI=1S/C29H27Cl2NO5/c30-18-11-12-25(37-16-17-5-1-2-6-20(17)31)19(15-18)27-28-21(7-3-9-23(28)33)32(14-13-26(35)36)22-8-4-10-24(34)29(22)27/h1-2,5-6,11-12,15,27H,3-4,7-10,13-14,16H2,(H,35,36). The van der Waals surface area contributed by atoms with E-state index >= 15 is 0 Å². The molecule has 6 nitrogen and oxygen atoms in total. The molecule has 0 fully saturated rings. The molecule has 0 radical (unpaired) electrons. The molecule has 0 spiro atoms. The maximum Gasteiger partial charge on any atom is 0.305 e. The lowest BCUT2D eigenvalue weighted by molar-refractivity contribution is -0.137. The highest BCUT2D eigenvalue weighted by Gasteiger charge is 2.44. The van der Waals surface area contributed by atoms with Gasteiger partial charge in [-0.25, -0.2) is 0 Å². The summed E-state index contributed by atoms with van der Waals surface area (Å²) in [5.74, 6) is -1.03. The molecule has 5 rings (SSSR count). The lowest BCUT2D eigenvalue weighted by atomic mass is 9.70. The van der Waals surface area contributed by atoms with Crippen LogP contribution in [0.2, 0.25) is 10.0 Å². The zero-order chi connectivity index (χ0) is 26.1. The summed E-state index contributed by atoms with van der Waals surface area (Å²) in [6.45, 7) is 0.442. The van der Waals surface area contributed by atoms with Crippen molar-refractivity contribution in [1.82, 2.24) is 4.90 Å². The second-order valence-electron chi connectivity index (χ2n) is 9.56. The van der Waals surface area contributed by atoms with Gasteiger partial charge in [-0.1, -0.05) is 41.4 Å². The van der Waals surface area contributed by atoms with Crippen LogP contribution in [0.5, 0.6) is 5.75 Å². The number of carboxylic acids is 1. The minimum atomic E-state index is -0.916. The second-order valence-corrected chi connectivity index (χ2v) is 10.4. The third kappa shape index (κ3) is 5.05. The van der Waals surface area contributed by atoms with E-state index in [1.807, 2.05) is 23.1 Å². The normalized spacial score (nSPS) is 18.2. The van der Waals surface area contributed by atoms with Crippen LogP contribution in [-0.4, -0.2) is 34.1 Å². The monoisotopic (exact) mass is 539 g/mol. The molecule has 1 aliphatic heterocycles. The Bertz CT molecular complexity index is 1300. The summed E-state index contributed by atoms with van der Waals surface area (Å²) in [5, 5.41) is 10.4. The number of carbonyl (C=O) groups is 3. The molecule has 0 saturated heterocycles. The van der Waals surface area contributed by atoms with Crippen molar-refractivity contribution in [3.05, 3.63) is 86.2 Å². The van der Waals surface area contributed by atoms with Crippen LogP contribution in [0.25, 0.3) is 0 Å². The van der Waals surface area contributed by atoms with E-state index < -0.39 is 11.9 Å². The summed E-state index contributed by atoms with van der Waals surface area (Å²) in [4.78, 5) is 40.3. The van der Waals surface area contributed by atoms with Crippen LogP contribution in [0.3, 0.4) is 0 Å². The average molecular weight is 540 g/mol. The van der Waals surface area contributed by atoms with Crippen LogP contribution in [0, 0.1) is 0 Å². The Balaban J connectivity index is 1.64. The van der Waals surface area contributed by atoms with E-state index in [1.165, 1.54) is 0 Å². The predicted molar refractivity (Wildman–Crippen MR) is 141 cm³/mol. The van der Waals surface area contributed by atoms with Crippen LogP contribution in [0.1, 0.15) is 62.0 Å². The fourth-order valence-corrected chi connectivity index (χ4v) is 6.02. The molecule has 0 amide bonds. The van der Waals surface area contributed by atoms with Crippen molar-refractivity contribution in [1.29, 1.82) is 0 Å². The highest BCUT2D eigenvalue weighted by molar-refractivity contribution is 6.31. The lowest BCUT2D eigenvalue weighted by Crippen LogP contribution is -2.40. The molecule has 1 heterocycles. The van der Waals surface area contributed by atoms with Crippen LogP contribution < -0.4 is 4.74 Å². The number of halogens is 2. The molecule has 0 bridgehead atoms. The Morgan fingerprint density at radius 2 is 1.59 bits per heavy atom. The quantitative estimate of drug-likeness (QED) is 0.434. The lowest BCUT2D eigenvalue weighted by Gasteiger charge is -2.44. The Morgan fingerprint density at radius 1 is 0.946 bits per heavy atom. The molecule has 0 atom stereocenters.